The Morgan fingerprint density at radius 3 is 2.72 bits per heavy atom. The van der Waals surface area contributed by atoms with Gasteiger partial charge in [-0.15, -0.1) is 0 Å². The largest absolute Gasteiger partial charge is 0.378 e. The number of morpholine rings is 1. The summed E-state index contributed by atoms with van der Waals surface area (Å²) in [4.78, 5) is 32.8. The molecule has 1 amide bonds. The fraction of sp³-hybridized carbons (Fsp3) is 0.393. The minimum absolute atomic E-state index is 0.0706. The molecule has 1 saturated heterocycles. The number of benzene rings is 2. The Morgan fingerprint density at radius 2 is 1.97 bits per heavy atom. The van der Waals surface area contributed by atoms with Crippen molar-refractivity contribution in [3.8, 4) is 5.69 Å². The van der Waals surface area contributed by atoms with Crippen LogP contribution in [0.2, 0.25) is 0 Å². The standard InChI is InChI=1S/C28H33N5O3/c1-3-24(20-5-4-6-23(17-20)32-13-15-36-16-14-32)31-26-28(35)33(12-11-29-26)25-18-21(8-7-19(25)2)27(34)30-22-9-10-22/h4-8,11-12,17-18,22,24H,3,9-10,13-16H2,1-2H3,(H,29,31)(H,30,34). The van der Waals surface area contributed by atoms with Crippen molar-refractivity contribution < 1.29 is 9.53 Å². The molecular weight excluding hydrogens is 454 g/mol. The maximum absolute atomic E-state index is 13.5. The molecule has 8 nitrogen and oxygen atoms in total. The van der Waals surface area contributed by atoms with Crippen LogP contribution in [0.15, 0.2) is 59.7 Å². The molecule has 0 bridgehead atoms. The Hall–Kier alpha value is -3.65. The Labute approximate surface area is 211 Å². The van der Waals surface area contributed by atoms with Crippen LogP contribution in [0, 0.1) is 6.92 Å². The summed E-state index contributed by atoms with van der Waals surface area (Å²) in [5.74, 6) is 0.179. The van der Waals surface area contributed by atoms with Crippen LogP contribution in [0.1, 0.15) is 53.7 Å². The second-order valence-electron chi connectivity index (χ2n) is 9.50. The van der Waals surface area contributed by atoms with E-state index in [0.29, 0.717) is 11.3 Å². The Bertz CT molecular complexity index is 1290. The predicted molar refractivity (Wildman–Crippen MR) is 141 cm³/mol. The average Bonchev–Trinajstić information content (AvgIpc) is 3.73. The van der Waals surface area contributed by atoms with Crippen molar-refractivity contribution >= 4 is 17.4 Å². The third-order valence-electron chi connectivity index (χ3n) is 6.85. The lowest BCUT2D eigenvalue weighted by molar-refractivity contribution is 0.0951. The van der Waals surface area contributed by atoms with E-state index in [4.69, 9.17) is 4.74 Å². The van der Waals surface area contributed by atoms with Gasteiger partial charge in [0.1, 0.15) is 0 Å². The lowest BCUT2D eigenvalue weighted by Crippen LogP contribution is -2.36. The molecule has 1 aliphatic carbocycles. The zero-order valence-corrected chi connectivity index (χ0v) is 20.9. The van der Waals surface area contributed by atoms with E-state index >= 15 is 0 Å². The van der Waals surface area contributed by atoms with E-state index in [2.05, 4.69) is 51.7 Å². The molecule has 2 fully saturated rings. The SMILES string of the molecule is CCC(Nc1nccn(-c2cc(C(=O)NC3CC3)ccc2C)c1=O)c1cccc(N2CCOCC2)c1. The van der Waals surface area contributed by atoms with Crippen molar-refractivity contribution in [2.45, 2.75) is 45.2 Å². The highest BCUT2D eigenvalue weighted by molar-refractivity contribution is 5.95. The third kappa shape index (κ3) is 5.28. The van der Waals surface area contributed by atoms with Crippen LogP contribution in [0.4, 0.5) is 11.5 Å². The zero-order valence-electron chi connectivity index (χ0n) is 20.9. The molecule has 1 aliphatic heterocycles. The number of aryl methyl sites for hydroxylation is 1. The maximum atomic E-state index is 13.5. The molecular formula is C28H33N5O3. The summed E-state index contributed by atoms with van der Waals surface area (Å²) in [6.45, 7) is 7.23. The third-order valence-corrected chi connectivity index (χ3v) is 6.85. The van der Waals surface area contributed by atoms with Crippen molar-refractivity contribution in [2.75, 3.05) is 36.5 Å². The van der Waals surface area contributed by atoms with Gasteiger partial charge in [0, 0.05) is 42.8 Å². The number of carbonyl (C=O) groups excluding carboxylic acids is 1. The van der Waals surface area contributed by atoms with Crippen molar-refractivity contribution in [1.29, 1.82) is 0 Å². The first-order chi connectivity index (χ1) is 17.5. The number of carbonyl (C=O) groups is 1. The van der Waals surface area contributed by atoms with Crippen LogP contribution in [0.5, 0.6) is 0 Å². The summed E-state index contributed by atoms with van der Waals surface area (Å²) in [7, 11) is 0. The first-order valence-corrected chi connectivity index (χ1v) is 12.7. The summed E-state index contributed by atoms with van der Waals surface area (Å²) in [5, 5.41) is 6.39. The number of hydrogen-bond donors (Lipinski definition) is 2. The summed E-state index contributed by atoms with van der Waals surface area (Å²) in [6, 6.07) is 14.1. The highest BCUT2D eigenvalue weighted by Crippen LogP contribution is 2.26. The predicted octanol–water partition coefficient (Wildman–Crippen LogP) is 3.83. The van der Waals surface area contributed by atoms with Gasteiger partial charge in [-0.05, 0) is 61.6 Å². The monoisotopic (exact) mass is 487 g/mol. The fourth-order valence-corrected chi connectivity index (χ4v) is 4.55. The highest BCUT2D eigenvalue weighted by Gasteiger charge is 2.24. The van der Waals surface area contributed by atoms with Gasteiger partial charge in [-0.3, -0.25) is 14.2 Å². The van der Waals surface area contributed by atoms with Gasteiger partial charge >= 0.3 is 0 Å². The number of nitrogens with zero attached hydrogens (tertiary/aromatic N) is 3. The summed E-state index contributed by atoms with van der Waals surface area (Å²) >= 11 is 0. The molecule has 2 heterocycles. The molecule has 3 aromatic rings. The molecule has 8 heteroatoms. The molecule has 2 aromatic carbocycles. The first kappa shape index (κ1) is 24.1. The molecule has 1 unspecified atom stereocenters. The number of amides is 1. The highest BCUT2D eigenvalue weighted by atomic mass is 16.5. The van der Waals surface area contributed by atoms with Crippen molar-refractivity contribution in [1.82, 2.24) is 14.9 Å². The fourth-order valence-electron chi connectivity index (χ4n) is 4.55. The van der Waals surface area contributed by atoms with Gasteiger partial charge in [0.25, 0.3) is 11.5 Å². The molecule has 1 atom stereocenters. The zero-order chi connectivity index (χ0) is 25.1. The molecule has 2 N–H and O–H groups in total. The summed E-state index contributed by atoms with van der Waals surface area (Å²) in [6.07, 6.45) is 6.11. The lowest BCUT2D eigenvalue weighted by atomic mass is 10.0. The summed E-state index contributed by atoms with van der Waals surface area (Å²) in [5.41, 5.74) is 4.15. The van der Waals surface area contributed by atoms with Crippen LogP contribution in [-0.2, 0) is 4.74 Å². The second kappa shape index (κ2) is 10.5. The van der Waals surface area contributed by atoms with Gasteiger partial charge in [-0.25, -0.2) is 4.98 Å². The van der Waals surface area contributed by atoms with E-state index in [1.807, 2.05) is 13.0 Å². The molecule has 0 spiro atoms. The second-order valence-corrected chi connectivity index (χ2v) is 9.50. The Balaban J connectivity index is 1.41. The molecule has 188 valence electrons. The normalized spacial score (nSPS) is 16.4. The quantitative estimate of drug-likeness (QED) is 0.502. The number of nitrogens with one attached hydrogen (secondary N) is 2. The minimum atomic E-state index is -0.247. The molecule has 0 radical (unpaired) electrons. The number of hydrogen-bond acceptors (Lipinski definition) is 6. The number of anilines is 2. The average molecular weight is 488 g/mol. The van der Waals surface area contributed by atoms with E-state index in [1.54, 1.807) is 29.1 Å². The van der Waals surface area contributed by atoms with E-state index < -0.39 is 0 Å². The van der Waals surface area contributed by atoms with Crippen LogP contribution in [-0.4, -0.2) is 47.8 Å². The number of aromatic nitrogens is 2. The lowest BCUT2D eigenvalue weighted by Gasteiger charge is -2.29. The van der Waals surface area contributed by atoms with Gasteiger partial charge in [0.2, 0.25) is 0 Å². The van der Waals surface area contributed by atoms with Gasteiger partial charge in [-0.2, -0.15) is 0 Å². The molecule has 5 rings (SSSR count). The van der Waals surface area contributed by atoms with E-state index in [-0.39, 0.29) is 29.4 Å². The smallest absolute Gasteiger partial charge is 0.297 e. The van der Waals surface area contributed by atoms with E-state index in [0.717, 1.165) is 62.4 Å². The molecule has 36 heavy (non-hydrogen) atoms. The maximum Gasteiger partial charge on any atom is 0.297 e. The molecule has 1 saturated carbocycles. The first-order valence-electron chi connectivity index (χ1n) is 12.7. The van der Waals surface area contributed by atoms with Gasteiger partial charge in [0.15, 0.2) is 5.82 Å². The van der Waals surface area contributed by atoms with Crippen LogP contribution >= 0.6 is 0 Å². The number of rotatable bonds is 8. The van der Waals surface area contributed by atoms with E-state index in [9.17, 15) is 9.59 Å². The van der Waals surface area contributed by atoms with Crippen molar-refractivity contribution in [3.63, 3.8) is 0 Å². The number of ether oxygens (including phenoxy) is 1. The van der Waals surface area contributed by atoms with Crippen LogP contribution in [0.3, 0.4) is 0 Å². The van der Waals surface area contributed by atoms with Gasteiger partial charge in [-0.1, -0.05) is 25.1 Å². The Kier molecular flexibility index (Phi) is 7.04. The van der Waals surface area contributed by atoms with Gasteiger partial charge < -0.3 is 20.3 Å². The molecule has 2 aliphatic rings. The summed E-state index contributed by atoms with van der Waals surface area (Å²) < 4.78 is 7.05. The van der Waals surface area contributed by atoms with E-state index in [1.165, 1.54) is 0 Å². The minimum Gasteiger partial charge on any atom is -0.378 e. The topological polar surface area (TPSA) is 88.5 Å². The van der Waals surface area contributed by atoms with Crippen molar-refractivity contribution in [2.24, 2.45) is 0 Å². The Morgan fingerprint density at radius 1 is 1.17 bits per heavy atom. The van der Waals surface area contributed by atoms with Gasteiger partial charge in [0.05, 0.1) is 24.9 Å². The van der Waals surface area contributed by atoms with Crippen LogP contribution in [0.25, 0.3) is 5.69 Å². The molecule has 1 aromatic heterocycles. The van der Waals surface area contributed by atoms with Crippen molar-refractivity contribution in [3.05, 3.63) is 81.9 Å². The van der Waals surface area contributed by atoms with Crippen LogP contribution < -0.4 is 21.1 Å².